The van der Waals surface area contributed by atoms with Crippen molar-refractivity contribution >= 4 is 17.7 Å². The minimum atomic E-state index is -0.885. The van der Waals surface area contributed by atoms with Gasteiger partial charge < -0.3 is 10.0 Å². The number of amides is 3. The summed E-state index contributed by atoms with van der Waals surface area (Å²) in [5.74, 6) is -1.04. The summed E-state index contributed by atoms with van der Waals surface area (Å²) in [7, 11) is 0. The van der Waals surface area contributed by atoms with Crippen molar-refractivity contribution < 1.29 is 19.5 Å². The topological polar surface area (TPSA) is 81.2 Å². The average Bonchev–Trinajstić information content (AvgIpc) is 3.03. The van der Waals surface area contributed by atoms with Gasteiger partial charge >= 0.3 is 0 Å². The number of aliphatic hydroxyl groups is 1. The molecule has 2 heterocycles. The number of carbonyl (C=O) groups is 3. The van der Waals surface area contributed by atoms with Crippen LogP contribution in [0, 0.1) is 0 Å². The largest absolute Gasteiger partial charge is 0.395 e. The molecule has 1 saturated heterocycles. The number of piperazine rings is 1. The number of hydrogen-bond acceptors (Lipinski definition) is 5. The number of aliphatic hydroxyl groups excluding tert-OH is 1. The molecule has 0 bridgehead atoms. The molecule has 30 heavy (non-hydrogen) atoms. The quantitative estimate of drug-likeness (QED) is 0.724. The van der Waals surface area contributed by atoms with Crippen molar-refractivity contribution in [2.75, 3.05) is 39.3 Å². The lowest BCUT2D eigenvalue weighted by Crippen LogP contribution is -2.56. The molecule has 0 aromatic heterocycles. The summed E-state index contributed by atoms with van der Waals surface area (Å²) in [6.07, 6.45) is 0.280. The minimum Gasteiger partial charge on any atom is -0.395 e. The highest BCUT2D eigenvalue weighted by atomic mass is 16.3. The first kappa shape index (κ1) is 20.3. The Kier molecular flexibility index (Phi) is 5.92. The van der Waals surface area contributed by atoms with Crippen molar-refractivity contribution in [3.05, 3.63) is 71.3 Å². The van der Waals surface area contributed by atoms with E-state index in [0.29, 0.717) is 43.9 Å². The van der Waals surface area contributed by atoms with E-state index in [4.69, 9.17) is 5.11 Å². The van der Waals surface area contributed by atoms with Gasteiger partial charge in [-0.25, -0.2) is 0 Å². The SMILES string of the molecule is O=C(C(Cc1ccccc1)N1C(=O)c2ccccc2C1=O)N1CCN(CCO)CC1. The van der Waals surface area contributed by atoms with E-state index in [0.717, 1.165) is 10.5 Å². The van der Waals surface area contributed by atoms with E-state index >= 15 is 0 Å². The van der Waals surface area contributed by atoms with Crippen molar-refractivity contribution in [1.29, 1.82) is 0 Å². The maximum atomic E-state index is 13.5. The molecule has 2 aliphatic rings. The van der Waals surface area contributed by atoms with Crippen LogP contribution < -0.4 is 0 Å². The fourth-order valence-corrected chi connectivity index (χ4v) is 4.16. The molecule has 1 unspecified atom stereocenters. The predicted molar refractivity (Wildman–Crippen MR) is 111 cm³/mol. The minimum absolute atomic E-state index is 0.0830. The summed E-state index contributed by atoms with van der Waals surface area (Å²) >= 11 is 0. The molecular weight excluding hydrogens is 382 g/mol. The van der Waals surface area contributed by atoms with E-state index in [1.807, 2.05) is 30.3 Å². The van der Waals surface area contributed by atoms with Crippen molar-refractivity contribution in [3.63, 3.8) is 0 Å². The smallest absolute Gasteiger partial charge is 0.262 e. The van der Waals surface area contributed by atoms with Crippen molar-refractivity contribution in [3.8, 4) is 0 Å². The molecular formula is C23H25N3O4. The number of fused-ring (bicyclic) bond motifs is 1. The number of carbonyl (C=O) groups excluding carboxylic acids is 3. The highest BCUT2D eigenvalue weighted by molar-refractivity contribution is 6.22. The number of β-amino-alcohol motifs (C(OH)–C–C–N with tert-alkyl or cyclic N) is 1. The maximum absolute atomic E-state index is 13.5. The van der Waals surface area contributed by atoms with Crippen LogP contribution in [-0.4, -0.2) is 82.9 Å². The molecule has 1 atom stereocenters. The Balaban J connectivity index is 1.60. The Labute approximate surface area is 175 Å². The van der Waals surface area contributed by atoms with Gasteiger partial charge in [-0.15, -0.1) is 0 Å². The molecule has 156 valence electrons. The number of rotatable bonds is 6. The molecule has 0 aliphatic carbocycles. The lowest BCUT2D eigenvalue weighted by Gasteiger charge is -2.37. The molecule has 4 rings (SSSR count). The van der Waals surface area contributed by atoms with Crippen LogP contribution in [-0.2, 0) is 11.2 Å². The van der Waals surface area contributed by atoms with Gasteiger partial charge in [0.2, 0.25) is 5.91 Å². The van der Waals surface area contributed by atoms with E-state index in [2.05, 4.69) is 4.90 Å². The van der Waals surface area contributed by atoms with Gasteiger partial charge in [0.15, 0.2) is 0 Å². The molecule has 0 spiro atoms. The summed E-state index contributed by atoms with van der Waals surface area (Å²) in [6.45, 7) is 2.99. The molecule has 0 saturated carbocycles. The Hall–Kier alpha value is -3.03. The molecule has 2 aliphatic heterocycles. The second-order valence-electron chi connectivity index (χ2n) is 7.62. The monoisotopic (exact) mass is 407 g/mol. The lowest BCUT2D eigenvalue weighted by molar-refractivity contribution is -0.137. The van der Waals surface area contributed by atoms with E-state index < -0.39 is 17.9 Å². The van der Waals surface area contributed by atoms with Gasteiger partial charge in [0, 0.05) is 39.1 Å². The molecule has 0 radical (unpaired) electrons. The zero-order chi connectivity index (χ0) is 21.1. The van der Waals surface area contributed by atoms with Gasteiger partial charge in [0.05, 0.1) is 17.7 Å². The number of benzene rings is 2. The fraction of sp³-hybridized carbons (Fsp3) is 0.348. The molecule has 2 aromatic rings. The summed E-state index contributed by atoms with van der Waals surface area (Å²) < 4.78 is 0. The highest BCUT2D eigenvalue weighted by Crippen LogP contribution is 2.27. The van der Waals surface area contributed by atoms with E-state index in [1.54, 1.807) is 29.2 Å². The van der Waals surface area contributed by atoms with Crippen LogP contribution in [0.3, 0.4) is 0 Å². The van der Waals surface area contributed by atoms with Crippen LogP contribution in [0.25, 0.3) is 0 Å². The summed E-state index contributed by atoms with van der Waals surface area (Å²) in [5.41, 5.74) is 1.59. The van der Waals surface area contributed by atoms with Gasteiger partial charge in [-0.3, -0.25) is 24.2 Å². The first-order valence-corrected chi connectivity index (χ1v) is 10.2. The predicted octanol–water partition coefficient (Wildman–Crippen LogP) is 1.03. The molecule has 2 aromatic carbocycles. The van der Waals surface area contributed by atoms with Crippen LogP contribution in [0.4, 0.5) is 0 Å². The van der Waals surface area contributed by atoms with Gasteiger partial charge in [-0.1, -0.05) is 42.5 Å². The van der Waals surface area contributed by atoms with Crippen molar-refractivity contribution in [2.24, 2.45) is 0 Å². The molecule has 1 N–H and O–H groups in total. The van der Waals surface area contributed by atoms with E-state index in [-0.39, 0.29) is 18.9 Å². The maximum Gasteiger partial charge on any atom is 0.262 e. The lowest BCUT2D eigenvalue weighted by atomic mass is 10.0. The van der Waals surface area contributed by atoms with Gasteiger partial charge in [0.1, 0.15) is 6.04 Å². The first-order valence-electron chi connectivity index (χ1n) is 10.2. The average molecular weight is 407 g/mol. The summed E-state index contributed by atoms with van der Waals surface area (Å²) in [6, 6.07) is 15.3. The van der Waals surface area contributed by atoms with Crippen LogP contribution in [0.15, 0.2) is 54.6 Å². The van der Waals surface area contributed by atoms with Gasteiger partial charge in [-0.05, 0) is 17.7 Å². The number of hydrogen-bond donors (Lipinski definition) is 1. The Morgan fingerprint density at radius 3 is 2.00 bits per heavy atom. The van der Waals surface area contributed by atoms with Crippen molar-refractivity contribution in [2.45, 2.75) is 12.5 Å². The van der Waals surface area contributed by atoms with Gasteiger partial charge in [-0.2, -0.15) is 0 Å². The van der Waals surface area contributed by atoms with E-state index in [9.17, 15) is 14.4 Å². The summed E-state index contributed by atoms with van der Waals surface area (Å²) in [5, 5.41) is 9.13. The Bertz CT molecular complexity index is 903. The second kappa shape index (κ2) is 8.77. The molecule has 1 fully saturated rings. The third-order valence-electron chi connectivity index (χ3n) is 5.79. The molecule has 7 heteroatoms. The van der Waals surface area contributed by atoms with Crippen LogP contribution in [0.2, 0.25) is 0 Å². The van der Waals surface area contributed by atoms with E-state index in [1.165, 1.54) is 0 Å². The zero-order valence-corrected chi connectivity index (χ0v) is 16.7. The number of imide groups is 1. The Morgan fingerprint density at radius 2 is 1.43 bits per heavy atom. The second-order valence-corrected chi connectivity index (χ2v) is 7.62. The molecule has 7 nitrogen and oxygen atoms in total. The third-order valence-corrected chi connectivity index (χ3v) is 5.79. The van der Waals surface area contributed by atoms with Crippen LogP contribution in [0.1, 0.15) is 26.3 Å². The third kappa shape index (κ3) is 3.86. The molecule has 3 amide bonds. The number of nitrogens with zero attached hydrogens (tertiary/aromatic N) is 3. The first-order chi connectivity index (χ1) is 14.6. The standard InChI is InChI=1S/C23H25N3O4/c27-15-14-24-10-12-25(13-11-24)23(30)20(16-17-6-2-1-3-7-17)26-21(28)18-8-4-5-9-19(18)22(26)29/h1-9,20,27H,10-16H2. The van der Waals surface area contributed by atoms with Gasteiger partial charge in [0.25, 0.3) is 11.8 Å². The fourth-order valence-electron chi connectivity index (χ4n) is 4.16. The summed E-state index contributed by atoms with van der Waals surface area (Å²) in [4.78, 5) is 44.6. The van der Waals surface area contributed by atoms with Crippen LogP contribution in [0.5, 0.6) is 0 Å². The highest BCUT2D eigenvalue weighted by Gasteiger charge is 2.44. The van der Waals surface area contributed by atoms with Crippen LogP contribution >= 0.6 is 0 Å². The van der Waals surface area contributed by atoms with Crippen molar-refractivity contribution in [1.82, 2.24) is 14.7 Å². The zero-order valence-electron chi connectivity index (χ0n) is 16.7. The normalized spacial score (nSPS) is 17.9. The Morgan fingerprint density at radius 1 is 0.867 bits per heavy atom.